The van der Waals surface area contributed by atoms with Crippen molar-refractivity contribution < 1.29 is 0 Å². The first-order valence-corrected chi connectivity index (χ1v) is 16.3. The molecule has 0 aromatic heterocycles. The Morgan fingerprint density at radius 1 is 0.684 bits per heavy atom. The molecule has 0 atom stereocenters. The predicted molar refractivity (Wildman–Crippen MR) is 165 cm³/mol. The fourth-order valence-corrected chi connectivity index (χ4v) is 6.57. The normalized spacial score (nSPS) is 19.3. The van der Waals surface area contributed by atoms with E-state index >= 15 is 0 Å². The third kappa shape index (κ3) is 9.91. The van der Waals surface area contributed by atoms with Crippen molar-refractivity contribution in [1.29, 1.82) is 5.26 Å². The molecular formula is C37H55N. The van der Waals surface area contributed by atoms with Crippen molar-refractivity contribution in [3.8, 4) is 17.2 Å². The lowest BCUT2D eigenvalue weighted by molar-refractivity contribution is 0.223. The summed E-state index contributed by atoms with van der Waals surface area (Å²) in [5, 5.41) is 10.1. The molecule has 1 saturated carbocycles. The summed E-state index contributed by atoms with van der Waals surface area (Å²) in [5.74, 6) is 0.578. The summed E-state index contributed by atoms with van der Waals surface area (Å²) in [6.45, 7) is 4.56. The zero-order valence-corrected chi connectivity index (χ0v) is 24.8. The fourth-order valence-electron chi connectivity index (χ4n) is 6.57. The van der Waals surface area contributed by atoms with Crippen molar-refractivity contribution in [2.24, 2.45) is 5.41 Å². The van der Waals surface area contributed by atoms with Crippen LogP contribution in [0.1, 0.15) is 153 Å². The van der Waals surface area contributed by atoms with Gasteiger partial charge >= 0.3 is 0 Å². The first kappa shape index (κ1) is 30.5. The molecule has 0 bridgehead atoms. The maximum atomic E-state index is 10.1. The number of hydrogen-bond donors (Lipinski definition) is 0. The number of benzene rings is 2. The van der Waals surface area contributed by atoms with E-state index in [9.17, 15) is 5.26 Å². The molecule has 0 heterocycles. The molecule has 0 N–H and O–H groups in total. The van der Waals surface area contributed by atoms with Gasteiger partial charge in [0.05, 0.1) is 11.5 Å². The number of nitrogens with zero attached hydrogens (tertiary/aromatic N) is 1. The second-order valence-corrected chi connectivity index (χ2v) is 12.2. The van der Waals surface area contributed by atoms with Crippen LogP contribution in [-0.2, 0) is 6.42 Å². The Bertz CT molecular complexity index is 926. The van der Waals surface area contributed by atoms with E-state index in [1.165, 1.54) is 119 Å². The van der Waals surface area contributed by atoms with Crippen LogP contribution in [0.15, 0.2) is 48.5 Å². The van der Waals surface area contributed by atoms with Gasteiger partial charge < -0.3 is 0 Å². The highest BCUT2D eigenvalue weighted by atomic mass is 14.4. The third-order valence-electron chi connectivity index (χ3n) is 9.17. The minimum Gasteiger partial charge on any atom is -0.198 e. The monoisotopic (exact) mass is 513 g/mol. The van der Waals surface area contributed by atoms with Gasteiger partial charge in [-0.3, -0.25) is 0 Å². The van der Waals surface area contributed by atoms with Crippen LogP contribution >= 0.6 is 0 Å². The van der Waals surface area contributed by atoms with E-state index in [0.29, 0.717) is 5.92 Å². The van der Waals surface area contributed by atoms with Gasteiger partial charge in [-0.2, -0.15) is 5.26 Å². The molecular weight excluding hydrogens is 458 g/mol. The predicted octanol–water partition coefficient (Wildman–Crippen LogP) is 12.0. The average molecular weight is 514 g/mol. The average Bonchev–Trinajstić information content (AvgIpc) is 2.97. The van der Waals surface area contributed by atoms with Gasteiger partial charge in [-0.1, -0.05) is 146 Å². The number of nitriles is 1. The summed E-state index contributed by atoms with van der Waals surface area (Å²) in [7, 11) is 0. The topological polar surface area (TPSA) is 23.8 Å². The van der Waals surface area contributed by atoms with Crippen LogP contribution in [0.5, 0.6) is 0 Å². The van der Waals surface area contributed by atoms with E-state index in [2.05, 4.69) is 68.4 Å². The Hall–Kier alpha value is -2.07. The number of rotatable bonds is 18. The zero-order valence-electron chi connectivity index (χ0n) is 24.8. The molecule has 0 unspecified atom stereocenters. The molecule has 1 heteroatoms. The molecule has 0 radical (unpaired) electrons. The van der Waals surface area contributed by atoms with E-state index in [4.69, 9.17) is 0 Å². The molecule has 1 fully saturated rings. The lowest BCUT2D eigenvalue weighted by atomic mass is 9.67. The maximum Gasteiger partial charge on any atom is 0.0689 e. The summed E-state index contributed by atoms with van der Waals surface area (Å²) in [4.78, 5) is 0. The van der Waals surface area contributed by atoms with E-state index in [-0.39, 0.29) is 5.41 Å². The molecule has 0 spiro atoms. The summed E-state index contributed by atoms with van der Waals surface area (Å²) in [5.41, 5.74) is 5.64. The lowest BCUT2D eigenvalue weighted by Crippen LogP contribution is -2.25. The van der Waals surface area contributed by atoms with E-state index in [1.54, 1.807) is 0 Å². The van der Waals surface area contributed by atoms with Crippen LogP contribution in [0.2, 0.25) is 0 Å². The molecule has 1 aliphatic rings. The minimum atomic E-state index is -0.0769. The van der Waals surface area contributed by atoms with Crippen LogP contribution < -0.4 is 0 Å². The molecule has 1 nitrogen and oxygen atoms in total. The van der Waals surface area contributed by atoms with Crippen LogP contribution in [0.3, 0.4) is 0 Å². The second kappa shape index (κ2) is 17.5. The molecule has 2 aromatic rings. The summed E-state index contributed by atoms with van der Waals surface area (Å²) >= 11 is 0. The van der Waals surface area contributed by atoms with Crippen LogP contribution in [0, 0.1) is 16.7 Å². The first-order valence-electron chi connectivity index (χ1n) is 16.3. The summed E-state index contributed by atoms with van der Waals surface area (Å²) in [6.07, 6.45) is 25.6. The highest BCUT2D eigenvalue weighted by Crippen LogP contribution is 2.47. The Balaban J connectivity index is 1.49. The molecule has 0 saturated heterocycles. The van der Waals surface area contributed by atoms with Crippen LogP contribution in [-0.4, -0.2) is 0 Å². The van der Waals surface area contributed by atoms with E-state index < -0.39 is 0 Å². The van der Waals surface area contributed by atoms with Gasteiger partial charge in [-0.25, -0.2) is 0 Å². The minimum absolute atomic E-state index is 0.0769. The Morgan fingerprint density at radius 2 is 1.24 bits per heavy atom. The molecule has 0 aliphatic heterocycles. The lowest BCUT2D eigenvalue weighted by Gasteiger charge is -2.36. The molecule has 208 valence electrons. The fraction of sp³-hybridized carbons (Fsp3) is 0.649. The van der Waals surface area contributed by atoms with Gasteiger partial charge in [0.2, 0.25) is 0 Å². The van der Waals surface area contributed by atoms with Gasteiger partial charge in [-0.15, -0.1) is 0 Å². The maximum absolute atomic E-state index is 10.1. The quantitative estimate of drug-likeness (QED) is 0.182. The third-order valence-corrected chi connectivity index (χ3v) is 9.17. The Morgan fingerprint density at radius 3 is 1.84 bits per heavy atom. The van der Waals surface area contributed by atoms with Gasteiger partial charge in [0.15, 0.2) is 0 Å². The highest BCUT2D eigenvalue weighted by Gasteiger charge is 2.35. The number of unbranched alkanes of at least 4 members (excludes halogenated alkanes) is 12. The van der Waals surface area contributed by atoms with Gasteiger partial charge in [0.1, 0.15) is 0 Å². The summed E-state index contributed by atoms with van der Waals surface area (Å²) in [6, 6.07) is 21.2. The highest BCUT2D eigenvalue weighted by molar-refractivity contribution is 5.68. The van der Waals surface area contributed by atoms with Crippen molar-refractivity contribution in [3.63, 3.8) is 0 Å². The van der Waals surface area contributed by atoms with Crippen molar-refractivity contribution in [2.45, 2.75) is 148 Å². The smallest absolute Gasteiger partial charge is 0.0689 e. The van der Waals surface area contributed by atoms with Crippen molar-refractivity contribution >= 4 is 0 Å². The van der Waals surface area contributed by atoms with Crippen LogP contribution in [0.4, 0.5) is 0 Å². The Labute approximate surface area is 235 Å². The van der Waals surface area contributed by atoms with E-state index in [0.717, 1.165) is 32.1 Å². The van der Waals surface area contributed by atoms with Crippen molar-refractivity contribution in [2.75, 3.05) is 0 Å². The van der Waals surface area contributed by atoms with Gasteiger partial charge in [0, 0.05) is 0 Å². The first-order chi connectivity index (χ1) is 18.7. The zero-order chi connectivity index (χ0) is 26.9. The van der Waals surface area contributed by atoms with Gasteiger partial charge in [-0.05, 0) is 73.1 Å². The van der Waals surface area contributed by atoms with Gasteiger partial charge in [0.25, 0.3) is 0 Å². The van der Waals surface area contributed by atoms with Crippen LogP contribution in [0.25, 0.3) is 11.1 Å². The van der Waals surface area contributed by atoms with E-state index in [1.807, 2.05) is 0 Å². The molecule has 0 amide bonds. The SMILES string of the molecule is CCCCCCCCCc1ccc(-c2ccccc2C2CCC(C#N)(CCCCCCCCC)CC2)cc1. The van der Waals surface area contributed by atoms with Crippen molar-refractivity contribution in [3.05, 3.63) is 59.7 Å². The number of aryl methyl sites for hydroxylation is 1. The second-order valence-electron chi connectivity index (χ2n) is 12.2. The Kier molecular flexibility index (Phi) is 14.0. The number of hydrogen-bond acceptors (Lipinski definition) is 1. The summed E-state index contributed by atoms with van der Waals surface area (Å²) < 4.78 is 0. The van der Waals surface area contributed by atoms with Crippen molar-refractivity contribution in [1.82, 2.24) is 0 Å². The molecule has 1 aliphatic carbocycles. The largest absolute Gasteiger partial charge is 0.198 e. The molecule has 38 heavy (non-hydrogen) atoms. The molecule has 2 aromatic carbocycles. The molecule has 3 rings (SSSR count). The standard InChI is InChI=1S/C37H55N/c1-3-5-7-9-11-13-15-19-32-22-24-33(25-23-32)35-20-16-17-21-36(35)34-26-29-37(31-38,30-27-34)28-18-14-12-10-8-6-4-2/h16-17,20-25,34H,3-15,18-19,26-30H2,1-2H3.